The number of alkyl halides is 3. The molecule has 0 aromatic heterocycles. The van der Waals surface area contributed by atoms with Gasteiger partial charge in [-0.1, -0.05) is 81.0 Å². The molecule has 2 aromatic carbocycles. The summed E-state index contributed by atoms with van der Waals surface area (Å²) in [6.45, 7) is 6.77. The lowest BCUT2D eigenvalue weighted by Gasteiger charge is -2.51. The van der Waals surface area contributed by atoms with Crippen molar-refractivity contribution in [2.45, 2.75) is 197 Å². The predicted octanol–water partition coefficient (Wildman–Crippen LogP) is 4.35. The van der Waals surface area contributed by atoms with Gasteiger partial charge in [0, 0.05) is 96.0 Å². The Morgan fingerprint density at radius 1 is 0.724 bits per heavy atom. The molecule has 7 rings (SSSR count). The van der Waals surface area contributed by atoms with Crippen molar-refractivity contribution in [3.8, 4) is 11.8 Å². The molecule has 0 radical (unpaired) electrons. The number of nitrogens with one attached hydrogen (secondary N) is 2. The Morgan fingerprint density at radius 3 is 1.92 bits per heavy atom. The van der Waals surface area contributed by atoms with Crippen LogP contribution in [0.25, 0.3) is 0 Å². The average molecular weight is 1480 g/mol. The Bertz CT molecular complexity index is 3640. The number of ether oxygens (including phenoxy) is 1. The van der Waals surface area contributed by atoms with Crippen molar-refractivity contribution in [3.63, 3.8) is 0 Å². The summed E-state index contributed by atoms with van der Waals surface area (Å²) in [6.07, 6.45) is -1.34. The van der Waals surface area contributed by atoms with Gasteiger partial charge in [-0.2, -0.15) is 13.2 Å². The zero-order chi connectivity index (χ0) is 77.9. The van der Waals surface area contributed by atoms with E-state index in [1.165, 1.54) is 90.0 Å². The number of carbonyl (C=O) groups excluding carboxylic acids is 12. The van der Waals surface area contributed by atoms with Crippen LogP contribution < -0.4 is 10.6 Å². The summed E-state index contributed by atoms with van der Waals surface area (Å²) in [5.74, 6) is -8.85. The quantitative estimate of drug-likeness (QED) is 0.180. The highest BCUT2D eigenvalue weighted by Crippen LogP contribution is 2.43. The van der Waals surface area contributed by atoms with Crippen molar-refractivity contribution < 1.29 is 84.2 Å². The van der Waals surface area contributed by atoms with E-state index >= 15 is 37.5 Å². The Balaban J connectivity index is 1.35. The summed E-state index contributed by atoms with van der Waals surface area (Å²) in [6, 6.07) is -3.47. The van der Waals surface area contributed by atoms with Crippen LogP contribution in [0.2, 0.25) is 0 Å². The van der Waals surface area contributed by atoms with Crippen molar-refractivity contribution in [2.75, 3.05) is 96.2 Å². The van der Waals surface area contributed by atoms with Gasteiger partial charge in [0.25, 0.3) is 5.91 Å². The Kier molecular flexibility index (Phi) is 28.4. The van der Waals surface area contributed by atoms with Crippen LogP contribution >= 0.6 is 0 Å². The van der Waals surface area contributed by atoms with Crippen LogP contribution in [0.5, 0.6) is 0 Å². The first-order valence-electron chi connectivity index (χ1n) is 36.0. The van der Waals surface area contributed by atoms with Crippen LogP contribution in [0.4, 0.5) is 22.0 Å². The highest BCUT2D eigenvalue weighted by atomic mass is 19.4. The molecule has 2 saturated heterocycles. The smallest absolute Gasteiger partial charge is 0.377 e. The molecule has 12 amide bonds. The maximum Gasteiger partial charge on any atom is 0.422 e. The molecule has 10 atom stereocenters. The standard InChI is InChI=1S/C75H103F5N12O13/c1-15-24-54-65(96)82-63(46(5)16-2)71(102)85(9)44-61(95)87(11)55-27-19-18-22-36-91(70(55)101)57(39-47-30-28-45(4)29-31-47)68(99)84(8)43-59(93)81-53(33-32-48-37-51(76)62(52(77)38-48)75(78,79)80)66(97)92-42-50(105-17-3)40-58(92)69(100)90(14)74(34-23-35-74)73(104)89(13)64(49-25-20-21-26-49)72(103)88(12)56(67(98)83(6)7)41-60(94)86(54)10/h18-19,28-31,37-38,46,49-50,53-58,63-64H,16-17,20-23,25-27,32-36,39-44H2,1-14H3,(H,81,93)(H,82,96)/b19-18-/t46-,50+,53-,54-,55+,56-,57-,58-,63-,64-/m0/s1. The number of hydrogen-bond acceptors (Lipinski definition) is 13. The molecule has 2 aromatic rings. The van der Waals surface area contributed by atoms with Gasteiger partial charge in [0.2, 0.25) is 65.0 Å². The molecule has 5 aliphatic rings. The summed E-state index contributed by atoms with van der Waals surface area (Å²) in [5, 5.41) is 5.40. The van der Waals surface area contributed by atoms with E-state index in [4.69, 9.17) is 4.74 Å². The minimum absolute atomic E-state index is 0.0449. The Hall–Kier alpha value is -9.01. The molecule has 105 heavy (non-hydrogen) atoms. The topological polar surface area (TPSA) is 271 Å². The normalized spacial score (nSPS) is 26.2. The van der Waals surface area contributed by atoms with Crippen LogP contribution in [0, 0.1) is 42.2 Å². The fraction of sp³-hybridized carbons (Fsp3) is 0.627. The SMILES string of the molecule is CC#C[C@H]1C(=O)N[C@@H]([C@@H](C)CC)C(=O)N(C)CC(=O)N(C)[C@@H]2C/C=C\CCN(C2=O)[C@@H](Cc2ccc(C)cc2)C(=O)N(C)CC(=O)N[C@@H](CCc2cc(F)c(C(F)(F)F)c(F)c2)C(=O)N2C[C@H](OCC)C[C@H]2C(=O)N(C)C2(CCC2)C(=O)N(C)[C@@H](C2CCCC2)C(=O)N(C)[C@H](C(=O)N(C)C)CC(=O)N1C. The number of nitrogens with zero attached hydrogens (tertiary/aromatic N) is 10. The molecule has 0 unspecified atom stereocenters. The summed E-state index contributed by atoms with van der Waals surface area (Å²) in [4.78, 5) is 192. The van der Waals surface area contributed by atoms with E-state index in [9.17, 15) is 41.9 Å². The van der Waals surface area contributed by atoms with E-state index in [0.717, 1.165) is 35.0 Å². The Labute approximate surface area is 611 Å². The number of rotatable bonds is 11. The molecular formula is C75H103F5N12O13. The van der Waals surface area contributed by atoms with Crippen LogP contribution in [-0.2, 0) is 81.3 Å². The first-order valence-corrected chi connectivity index (χ1v) is 36.0. The van der Waals surface area contributed by atoms with E-state index in [2.05, 4.69) is 22.5 Å². The van der Waals surface area contributed by atoms with Gasteiger partial charge in [-0.05, 0) is 114 Å². The van der Waals surface area contributed by atoms with Crippen molar-refractivity contribution in [1.29, 1.82) is 0 Å². The van der Waals surface area contributed by atoms with Gasteiger partial charge < -0.3 is 64.4 Å². The van der Waals surface area contributed by atoms with Gasteiger partial charge in [-0.3, -0.25) is 57.5 Å². The molecule has 25 nitrogen and oxygen atoms in total. The lowest BCUT2D eigenvalue weighted by molar-refractivity contribution is -0.166. The Morgan fingerprint density at radius 2 is 1.35 bits per heavy atom. The summed E-state index contributed by atoms with van der Waals surface area (Å²) < 4.78 is 78.1. The minimum Gasteiger partial charge on any atom is -0.377 e. The molecule has 30 heteroatoms. The highest BCUT2D eigenvalue weighted by Gasteiger charge is 2.56. The molecule has 2 aliphatic carbocycles. The van der Waals surface area contributed by atoms with Gasteiger partial charge in [-0.15, -0.1) is 5.92 Å². The fourth-order valence-electron chi connectivity index (χ4n) is 14.8. The minimum atomic E-state index is -5.42. The number of fused-ring (bicyclic) bond motifs is 3. The number of carbonyl (C=O) groups is 12. The van der Waals surface area contributed by atoms with Gasteiger partial charge in [-0.25, -0.2) is 8.78 Å². The molecule has 576 valence electrons. The van der Waals surface area contributed by atoms with Crippen LogP contribution in [0.3, 0.4) is 0 Å². The summed E-state index contributed by atoms with van der Waals surface area (Å²) >= 11 is 0. The van der Waals surface area contributed by atoms with Gasteiger partial charge in [0.05, 0.1) is 25.6 Å². The summed E-state index contributed by atoms with van der Waals surface area (Å²) in [5.41, 5.74) is -2.65. The van der Waals surface area contributed by atoms with Crippen LogP contribution in [-0.4, -0.2) is 276 Å². The second-order valence-corrected chi connectivity index (χ2v) is 28.8. The summed E-state index contributed by atoms with van der Waals surface area (Å²) in [7, 11) is 12.3. The second kappa shape index (κ2) is 35.9. The first-order chi connectivity index (χ1) is 49.4. The van der Waals surface area contributed by atoms with E-state index in [1.54, 1.807) is 57.2 Å². The number of hydrogen-bond donors (Lipinski definition) is 2. The first kappa shape index (κ1) is 83.3. The van der Waals surface area contributed by atoms with Crippen molar-refractivity contribution in [3.05, 3.63) is 82.4 Å². The number of likely N-dealkylation sites (N-methyl/N-ethyl adjacent to an activating group) is 8. The molecule has 2 saturated carbocycles. The van der Waals surface area contributed by atoms with Gasteiger partial charge in [0.1, 0.15) is 65.0 Å². The third kappa shape index (κ3) is 19.2. The molecule has 1 spiro atoms. The third-order valence-electron chi connectivity index (χ3n) is 21.6. The van der Waals surface area contributed by atoms with Crippen molar-refractivity contribution in [1.82, 2.24) is 59.6 Å². The van der Waals surface area contributed by atoms with Gasteiger partial charge >= 0.3 is 6.18 Å². The number of halogens is 5. The predicted molar refractivity (Wildman–Crippen MR) is 377 cm³/mol. The molecule has 3 heterocycles. The van der Waals surface area contributed by atoms with Crippen molar-refractivity contribution >= 4 is 70.9 Å². The van der Waals surface area contributed by atoms with Gasteiger partial charge in [0.15, 0.2) is 6.04 Å². The second-order valence-electron chi connectivity index (χ2n) is 28.8. The maximum atomic E-state index is 15.7. The number of benzene rings is 2. The lowest BCUT2D eigenvalue weighted by Crippen LogP contribution is -2.68. The molecule has 2 N–H and O–H groups in total. The average Bonchev–Trinajstić information content (AvgIpc) is 1.65. The fourth-order valence-corrected chi connectivity index (χ4v) is 14.8. The molecule has 4 fully saturated rings. The monoisotopic (exact) mass is 1470 g/mol. The van der Waals surface area contributed by atoms with Crippen molar-refractivity contribution in [2.24, 2.45) is 11.8 Å². The van der Waals surface area contributed by atoms with E-state index in [1.807, 2.05) is 6.92 Å². The van der Waals surface area contributed by atoms with Crippen LogP contribution in [0.15, 0.2) is 48.6 Å². The van der Waals surface area contributed by atoms with E-state index < -0.39 is 198 Å². The zero-order valence-corrected chi connectivity index (χ0v) is 62.8. The lowest BCUT2D eigenvalue weighted by atomic mass is 9.73. The van der Waals surface area contributed by atoms with Crippen LogP contribution in [0.1, 0.15) is 133 Å². The zero-order valence-electron chi connectivity index (χ0n) is 62.8. The van der Waals surface area contributed by atoms with E-state index in [-0.39, 0.29) is 63.8 Å². The molecule has 2 bridgehead atoms. The largest absolute Gasteiger partial charge is 0.422 e. The maximum absolute atomic E-state index is 15.7. The van der Waals surface area contributed by atoms with E-state index in [0.29, 0.717) is 56.2 Å². The third-order valence-corrected chi connectivity index (χ3v) is 21.6. The highest BCUT2D eigenvalue weighted by molar-refractivity contribution is 6.01. The number of aryl methyl sites for hydroxylation is 2. The number of amides is 12. The molecule has 3 aliphatic heterocycles. The molecular weight excluding hydrogens is 1370 g/mol.